The lowest BCUT2D eigenvalue weighted by molar-refractivity contribution is -0.119. The van der Waals surface area contributed by atoms with Crippen LogP contribution < -0.4 is 10.5 Å². The minimum atomic E-state index is -3.92. The largest absolute Gasteiger partial charge is 0.368 e. The van der Waals surface area contributed by atoms with Gasteiger partial charge in [0.15, 0.2) is 0 Å². The first kappa shape index (κ1) is 14.2. The number of hydrogen-bond donors (Lipinski definition) is 2. The second-order valence-electron chi connectivity index (χ2n) is 3.32. The molecule has 17 heavy (non-hydrogen) atoms. The van der Waals surface area contributed by atoms with Crippen LogP contribution in [0.1, 0.15) is 6.92 Å². The van der Waals surface area contributed by atoms with Gasteiger partial charge in [-0.2, -0.15) is 4.72 Å². The molecule has 0 saturated carbocycles. The first-order valence-electron chi connectivity index (χ1n) is 4.51. The summed E-state index contributed by atoms with van der Waals surface area (Å²) in [6, 6.07) is 2.98. The van der Waals surface area contributed by atoms with Gasteiger partial charge in [0.25, 0.3) is 0 Å². The van der Waals surface area contributed by atoms with E-state index < -0.39 is 22.0 Å². The molecule has 1 aromatic rings. The Labute approximate surface area is 109 Å². The second kappa shape index (κ2) is 5.22. The van der Waals surface area contributed by atoms with Gasteiger partial charge in [0, 0.05) is 5.02 Å². The Hall–Kier alpha value is -0.820. The van der Waals surface area contributed by atoms with Gasteiger partial charge in [-0.3, -0.25) is 4.79 Å². The maximum Gasteiger partial charge on any atom is 0.242 e. The van der Waals surface area contributed by atoms with Gasteiger partial charge in [-0.1, -0.05) is 23.2 Å². The van der Waals surface area contributed by atoms with Crippen LogP contribution in [0.15, 0.2) is 23.1 Å². The Kier molecular flexibility index (Phi) is 4.37. The number of amides is 1. The maximum absolute atomic E-state index is 11.9. The number of carbonyl (C=O) groups excluding carboxylic acids is 1. The molecule has 3 N–H and O–H groups in total. The fourth-order valence-electron chi connectivity index (χ4n) is 1.04. The summed E-state index contributed by atoms with van der Waals surface area (Å²) in [5, 5.41) is 0.236. The van der Waals surface area contributed by atoms with Gasteiger partial charge in [-0.05, 0) is 25.1 Å². The van der Waals surface area contributed by atoms with Crippen LogP contribution in [0.3, 0.4) is 0 Å². The molecule has 0 saturated heterocycles. The molecule has 0 aromatic heterocycles. The monoisotopic (exact) mass is 296 g/mol. The zero-order valence-corrected chi connectivity index (χ0v) is 11.1. The molecular formula is C9H10Cl2N2O3S. The molecule has 5 nitrogen and oxygen atoms in total. The van der Waals surface area contributed by atoms with Crippen molar-refractivity contribution in [3.63, 3.8) is 0 Å². The van der Waals surface area contributed by atoms with Gasteiger partial charge in [-0.25, -0.2) is 8.42 Å². The van der Waals surface area contributed by atoms with Crippen molar-refractivity contribution in [3.8, 4) is 0 Å². The van der Waals surface area contributed by atoms with Gasteiger partial charge in [-0.15, -0.1) is 0 Å². The van der Waals surface area contributed by atoms with Crippen molar-refractivity contribution >= 4 is 39.1 Å². The molecule has 1 rings (SSSR count). The molecule has 1 amide bonds. The molecule has 0 radical (unpaired) electrons. The summed E-state index contributed by atoms with van der Waals surface area (Å²) >= 11 is 11.4. The first-order chi connectivity index (χ1) is 7.74. The topological polar surface area (TPSA) is 89.3 Å². The first-order valence-corrected chi connectivity index (χ1v) is 6.74. The van der Waals surface area contributed by atoms with Crippen LogP contribution in [0, 0.1) is 0 Å². The van der Waals surface area contributed by atoms with Gasteiger partial charge in [0.2, 0.25) is 15.9 Å². The zero-order valence-electron chi connectivity index (χ0n) is 8.78. The van der Waals surface area contributed by atoms with Crippen LogP contribution in [0.25, 0.3) is 0 Å². The highest BCUT2D eigenvalue weighted by Crippen LogP contribution is 2.24. The smallest absolute Gasteiger partial charge is 0.242 e. The third-order valence-electron chi connectivity index (χ3n) is 1.94. The molecule has 0 aliphatic carbocycles. The van der Waals surface area contributed by atoms with Crippen LogP contribution in [0.4, 0.5) is 0 Å². The Morgan fingerprint density at radius 2 is 2.00 bits per heavy atom. The van der Waals surface area contributed by atoms with Crippen molar-refractivity contribution < 1.29 is 13.2 Å². The fourth-order valence-corrected chi connectivity index (χ4v) is 3.01. The van der Waals surface area contributed by atoms with Crippen molar-refractivity contribution in [3.05, 3.63) is 28.2 Å². The van der Waals surface area contributed by atoms with Crippen LogP contribution in [-0.4, -0.2) is 20.4 Å². The third-order valence-corrected chi connectivity index (χ3v) is 4.20. The Morgan fingerprint density at radius 3 is 2.53 bits per heavy atom. The van der Waals surface area contributed by atoms with E-state index in [-0.39, 0.29) is 14.9 Å². The molecule has 0 bridgehead atoms. The van der Waals surface area contributed by atoms with Crippen LogP contribution >= 0.6 is 23.2 Å². The molecule has 8 heteroatoms. The molecule has 1 atom stereocenters. The molecule has 0 aliphatic rings. The number of nitrogens with one attached hydrogen (secondary N) is 1. The summed E-state index contributed by atoms with van der Waals surface area (Å²) < 4.78 is 25.8. The van der Waals surface area contributed by atoms with Gasteiger partial charge in [0.1, 0.15) is 4.90 Å². The Morgan fingerprint density at radius 1 is 1.41 bits per heavy atom. The van der Waals surface area contributed by atoms with E-state index in [0.29, 0.717) is 0 Å². The molecule has 0 fully saturated rings. The van der Waals surface area contributed by atoms with Crippen molar-refractivity contribution in [1.29, 1.82) is 0 Å². The number of carbonyl (C=O) groups is 1. The summed E-state index contributed by atoms with van der Waals surface area (Å²) in [6.45, 7) is 1.33. The van der Waals surface area contributed by atoms with E-state index in [2.05, 4.69) is 4.72 Å². The van der Waals surface area contributed by atoms with Crippen molar-refractivity contribution in [2.45, 2.75) is 17.9 Å². The molecule has 94 valence electrons. The Balaban J connectivity index is 3.13. The number of halogens is 2. The van der Waals surface area contributed by atoms with Crippen LogP contribution in [-0.2, 0) is 14.8 Å². The number of rotatable bonds is 4. The highest BCUT2D eigenvalue weighted by molar-refractivity contribution is 7.89. The maximum atomic E-state index is 11.9. The number of primary amides is 1. The summed E-state index contributed by atoms with van der Waals surface area (Å²) in [5.74, 6) is -0.785. The zero-order chi connectivity index (χ0) is 13.2. The van der Waals surface area contributed by atoms with Crippen LogP contribution in [0.2, 0.25) is 10.0 Å². The SMILES string of the molecule is C[C@H](NS(=O)(=O)c1cc(Cl)ccc1Cl)C(N)=O. The quantitative estimate of drug-likeness (QED) is 0.873. The van der Waals surface area contributed by atoms with Gasteiger partial charge < -0.3 is 5.73 Å². The second-order valence-corrected chi connectivity index (χ2v) is 5.85. The number of benzene rings is 1. The van der Waals surface area contributed by atoms with E-state index in [1.54, 1.807) is 0 Å². The molecule has 0 aliphatic heterocycles. The fraction of sp³-hybridized carbons (Fsp3) is 0.222. The lowest BCUT2D eigenvalue weighted by atomic mass is 10.4. The lowest BCUT2D eigenvalue weighted by Gasteiger charge is -2.12. The predicted octanol–water partition coefficient (Wildman–Crippen LogP) is 1.15. The van der Waals surface area contributed by atoms with E-state index in [1.165, 1.54) is 25.1 Å². The Bertz CT molecular complexity index is 545. The molecule has 0 unspecified atom stereocenters. The highest BCUT2D eigenvalue weighted by Gasteiger charge is 2.22. The minimum absolute atomic E-state index is 0.0126. The average molecular weight is 297 g/mol. The van der Waals surface area contributed by atoms with Gasteiger partial charge >= 0.3 is 0 Å². The van der Waals surface area contributed by atoms with E-state index in [1.807, 2.05) is 0 Å². The molecule has 0 spiro atoms. The van der Waals surface area contributed by atoms with E-state index in [4.69, 9.17) is 28.9 Å². The predicted molar refractivity (Wildman–Crippen MR) is 65.4 cm³/mol. The molecule has 0 heterocycles. The summed E-state index contributed by atoms with van der Waals surface area (Å²) in [4.78, 5) is 10.6. The van der Waals surface area contributed by atoms with E-state index >= 15 is 0 Å². The third kappa shape index (κ3) is 3.57. The summed E-state index contributed by atoms with van der Waals surface area (Å²) in [7, 11) is -3.92. The standard InChI is InChI=1S/C9H10Cl2N2O3S/c1-5(9(12)14)13-17(15,16)8-4-6(10)2-3-7(8)11/h2-5,13H,1H3,(H2,12,14)/t5-/m0/s1. The van der Waals surface area contributed by atoms with E-state index in [0.717, 1.165) is 0 Å². The number of nitrogens with two attached hydrogens (primary N) is 1. The minimum Gasteiger partial charge on any atom is -0.368 e. The van der Waals surface area contributed by atoms with Crippen molar-refractivity contribution in [1.82, 2.24) is 4.72 Å². The summed E-state index contributed by atoms with van der Waals surface area (Å²) in [6.07, 6.45) is 0. The highest BCUT2D eigenvalue weighted by atomic mass is 35.5. The normalized spacial score (nSPS) is 13.4. The average Bonchev–Trinajstić information content (AvgIpc) is 2.20. The van der Waals surface area contributed by atoms with Crippen molar-refractivity contribution in [2.75, 3.05) is 0 Å². The van der Waals surface area contributed by atoms with Crippen LogP contribution in [0.5, 0.6) is 0 Å². The number of sulfonamides is 1. The van der Waals surface area contributed by atoms with Crippen molar-refractivity contribution in [2.24, 2.45) is 5.73 Å². The molecular weight excluding hydrogens is 287 g/mol. The lowest BCUT2D eigenvalue weighted by Crippen LogP contribution is -2.42. The summed E-state index contributed by atoms with van der Waals surface area (Å²) in [5.41, 5.74) is 4.96. The van der Waals surface area contributed by atoms with E-state index in [9.17, 15) is 13.2 Å². The number of hydrogen-bond acceptors (Lipinski definition) is 3. The van der Waals surface area contributed by atoms with Gasteiger partial charge in [0.05, 0.1) is 11.1 Å². The molecule has 1 aromatic carbocycles.